The van der Waals surface area contributed by atoms with Crippen LogP contribution in [-0.4, -0.2) is 64.3 Å². The van der Waals surface area contributed by atoms with E-state index in [-0.39, 0.29) is 6.10 Å². The van der Waals surface area contributed by atoms with Crippen LogP contribution < -0.4 is 4.74 Å². The number of aliphatic hydroxyl groups excluding tert-OH is 1. The molecule has 9 heteroatoms. The van der Waals surface area contributed by atoms with E-state index in [9.17, 15) is 18.3 Å². The highest BCUT2D eigenvalue weighted by Crippen LogP contribution is 2.32. The number of rotatable bonds is 10. The summed E-state index contributed by atoms with van der Waals surface area (Å²) in [7, 11) is 1.94. The number of likely N-dealkylation sites (tertiary alicyclic amines) is 1. The third-order valence-corrected chi connectivity index (χ3v) is 7.36. The minimum absolute atomic E-state index is 0.324. The summed E-state index contributed by atoms with van der Waals surface area (Å²) in [4.78, 5) is 4.23. The average molecular weight is 513 g/mol. The van der Waals surface area contributed by atoms with Gasteiger partial charge in [0.2, 0.25) is 0 Å². The number of hydrogen-bond donors (Lipinski definition) is 1. The van der Waals surface area contributed by atoms with Gasteiger partial charge < -0.3 is 19.6 Å². The van der Waals surface area contributed by atoms with Gasteiger partial charge in [0.25, 0.3) is 0 Å². The number of aliphatic hydroxyl groups is 1. The largest absolute Gasteiger partial charge is 0.486 e. The Labute approximate surface area is 209 Å². The van der Waals surface area contributed by atoms with Gasteiger partial charge in [0, 0.05) is 38.4 Å². The van der Waals surface area contributed by atoms with E-state index in [4.69, 9.17) is 17.0 Å². The van der Waals surface area contributed by atoms with E-state index in [0.29, 0.717) is 31.0 Å². The summed E-state index contributed by atoms with van der Waals surface area (Å²) in [6.45, 7) is 3.15. The van der Waals surface area contributed by atoms with Crippen LogP contribution in [-0.2, 0) is 6.18 Å². The molecule has 1 saturated heterocycles. The minimum atomic E-state index is -4.38. The van der Waals surface area contributed by atoms with Crippen molar-refractivity contribution >= 4 is 28.3 Å². The summed E-state index contributed by atoms with van der Waals surface area (Å²) >= 11 is 6.99. The van der Waals surface area contributed by atoms with Crippen LogP contribution in [0.1, 0.15) is 36.5 Å². The zero-order valence-electron chi connectivity index (χ0n) is 19.2. The topological polar surface area (TPSA) is 35.9 Å². The van der Waals surface area contributed by atoms with Crippen molar-refractivity contribution in [2.75, 3.05) is 39.0 Å². The molecular weight excluding hydrogens is 481 g/mol. The first-order valence-corrected chi connectivity index (χ1v) is 12.8. The number of nitrogens with zero attached hydrogens (tertiary/aromatic N) is 2. The van der Waals surface area contributed by atoms with E-state index in [2.05, 4.69) is 4.90 Å². The Kier molecular flexibility index (Phi) is 10.1. The minimum Gasteiger partial charge on any atom is -0.486 e. The molecular formula is C25H31F3N2O2S2. The van der Waals surface area contributed by atoms with Gasteiger partial charge >= 0.3 is 6.18 Å². The second kappa shape index (κ2) is 12.8. The van der Waals surface area contributed by atoms with Crippen LogP contribution in [0.25, 0.3) is 0 Å². The zero-order valence-corrected chi connectivity index (χ0v) is 20.8. The van der Waals surface area contributed by atoms with Crippen LogP contribution in [0.2, 0.25) is 0 Å². The average Bonchev–Trinajstić information content (AvgIpc) is 3.36. The Morgan fingerprint density at radius 1 is 1.12 bits per heavy atom. The molecule has 0 radical (unpaired) electrons. The van der Waals surface area contributed by atoms with Gasteiger partial charge in [0.15, 0.2) is 0 Å². The molecule has 2 atom stereocenters. The first kappa shape index (κ1) is 26.8. The number of benzene rings is 2. The Balaban J connectivity index is 1.52. The lowest BCUT2D eigenvalue weighted by Gasteiger charge is -2.25. The first-order chi connectivity index (χ1) is 16.2. The third kappa shape index (κ3) is 8.45. The summed E-state index contributed by atoms with van der Waals surface area (Å²) in [6, 6.07) is 14.4. The second-order valence-electron chi connectivity index (χ2n) is 8.52. The van der Waals surface area contributed by atoms with Gasteiger partial charge in [-0.3, -0.25) is 0 Å². The van der Waals surface area contributed by atoms with Crippen LogP contribution in [0.15, 0.2) is 54.6 Å². The van der Waals surface area contributed by atoms with Crippen molar-refractivity contribution in [3.8, 4) is 5.75 Å². The monoisotopic (exact) mass is 512 g/mol. The highest BCUT2D eigenvalue weighted by atomic mass is 32.2. The normalized spacial score (nSPS) is 16.0. The van der Waals surface area contributed by atoms with E-state index in [1.54, 1.807) is 0 Å². The third-order valence-electron chi connectivity index (χ3n) is 5.69. The molecule has 2 aromatic carbocycles. The zero-order chi connectivity index (χ0) is 24.6. The van der Waals surface area contributed by atoms with E-state index in [1.807, 2.05) is 42.3 Å². The van der Waals surface area contributed by atoms with Crippen molar-refractivity contribution in [1.29, 1.82) is 0 Å². The number of ether oxygens (including phenoxy) is 1. The van der Waals surface area contributed by atoms with Crippen LogP contribution in [0.4, 0.5) is 13.2 Å². The lowest BCUT2D eigenvalue weighted by molar-refractivity contribution is -0.137. The van der Waals surface area contributed by atoms with Crippen molar-refractivity contribution in [2.24, 2.45) is 0 Å². The molecule has 1 aliphatic heterocycles. The first-order valence-electron chi connectivity index (χ1n) is 11.4. The summed E-state index contributed by atoms with van der Waals surface area (Å²) in [6.07, 6.45) is -2.26. The Morgan fingerprint density at radius 2 is 1.76 bits per heavy atom. The van der Waals surface area contributed by atoms with Crippen molar-refractivity contribution in [3.63, 3.8) is 0 Å². The molecule has 0 aromatic heterocycles. The van der Waals surface area contributed by atoms with Crippen molar-refractivity contribution < 1.29 is 23.0 Å². The van der Waals surface area contributed by atoms with E-state index in [1.165, 1.54) is 36.7 Å². The molecule has 2 aromatic rings. The SMILES string of the molecule is CN(CCC(Oc1ccc(C(F)(F)F)cc1)c1ccccc1)CC(O)CSC(=S)N1CCCC1. The van der Waals surface area contributed by atoms with Gasteiger partial charge in [-0.1, -0.05) is 54.3 Å². The summed E-state index contributed by atoms with van der Waals surface area (Å²) in [5.74, 6) is 0.931. The molecule has 1 N–H and O–H groups in total. The summed E-state index contributed by atoms with van der Waals surface area (Å²) in [5.41, 5.74) is 0.245. The standard InChI is InChI=1S/C25H31F3N2O2S2/c1-29(17-21(31)18-34-24(33)30-14-5-6-15-30)16-13-23(19-7-3-2-4-8-19)32-22-11-9-20(10-12-22)25(26,27)28/h2-4,7-12,21,23,31H,5-6,13-18H2,1H3. The summed E-state index contributed by atoms with van der Waals surface area (Å²) < 4.78 is 45.5. The molecule has 186 valence electrons. The molecule has 34 heavy (non-hydrogen) atoms. The maximum Gasteiger partial charge on any atom is 0.416 e. The molecule has 1 aliphatic rings. The van der Waals surface area contributed by atoms with Gasteiger partial charge in [0.05, 0.1) is 11.7 Å². The lowest BCUT2D eigenvalue weighted by atomic mass is 10.1. The maximum atomic E-state index is 12.9. The highest BCUT2D eigenvalue weighted by molar-refractivity contribution is 8.22. The fourth-order valence-electron chi connectivity index (χ4n) is 3.85. The predicted molar refractivity (Wildman–Crippen MR) is 135 cm³/mol. The second-order valence-corrected chi connectivity index (χ2v) is 10.2. The van der Waals surface area contributed by atoms with Gasteiger partial charge in [-0.25, -0.2) is 0 Å². The van der Waals surface area contributed by atoms with Gasteiger partial charge in [0.1, 0.15) is 16.2 Å². The van der Waals surface area contributed by atoms with Gasteiger partial charge in [-0.05, 0) is 49.7 Å². The molecule has 0 saturated carbocycles. The molecule has 1 heterocycles. The van der Waals surface area contributed by atoms with Crippen LogP contribution >= 0.6 is 24.0 Å². The number of likely N-dealkylation sites (N-methyl/N-ethyl adjacent to an activating group) is 1. The Bertz CT molecular complexity index is 891. The number of hydrogen-bond acceptors (Lipinski definition) is 5. The van der Waals surface area contributed by atoms with Crippen molar-refractivity contribution in [1.82, 2.24) is 9.80 Å². The van der Waals surface area contributed by atoms with Crippen molar-refractivity contribution in [2.45, 2.75) is 37.6 Å². The predicted octanol–water partition coefficient (Wildman–Crippen LogP) is 5.62. The Morgan fingerprint density at radius 3 is 2.38 bits per heavy atom. The lowest BCUT2D eigenvalue weighted by Crippen LogP contribution is -2.33. The fourth-order valence-corrected chi connectivity index (χ4v) is 5.04. The maximum absolute atomic E-state index is 12.9. The van der Waals surface area contributed by atoms with Crippen LogP contribution in [0.5, 0.6) is 5.75 Å². The van der Waals surface area contributed by atoms with Crippen LogP contribution in [0, 0.1) is 0 Å². The Hall–Kier alpha value is -1.81. The number of halogens is 3. The molecule has 1 fully saturated rings. The molecule has 0 aliphatic carbocycles. The molecule has 4 nitrogen and oxygen atoms in total. The molecule has 3 rings (SSSR count). The number of thiocarbonyl (C=S) groups is 1. The van der Waals surface area contributed by atoms with E-state index in [0.717, 1.165) is 35.1 Å². The fraction of sp³-hybridized carbons (Fsp3) is 0.480. The molecule has 0 amide bonds. The summed E-state index contributed by atoms with van der Waals surface area (Å²) in [5, 5.41) is 10.5. The van der Waals surface area contributed by atoms with Crippen molar-refractivity contribution in [3.05, 3.63) is 65.7 Å². The quantitative estimate of drug-likeness (QED) is 0.416. The smallest absolute Gasteiger partial charge is 0.416 e. The highest BCUT2D eigenvalue weighted by Gasteiger charge is 2.30. The molecule has 0 bridgehead atoms. The molecule has 2 unspecified atom stereocenters. The van der Waals surface area contributed by atoms with E-state index < -0.39 is 17.8 Å². The van der Waals surface area contributed by atoms with E-state index >= 15 is 0 Å². The van der Waals surface area contributed by atoms with Crippen LogP contribution in [0.3, 0.4) is 0 Å². The number of alkyl halides is 3. The van der Waals surface area contributed by atoms with Gasteiger partial charge in [-0.2, -0.15) is 13.2 Å². The number of thioether (sulfide) groups is 1. The van der Waals surface area contributed by atoms with Gasteiger partial charge in [-0.15, -0.1) is 0 Å². The molecule has 0 spiro atoms.